The quantitative estimate of drug-likeness (QED) is 0.734. The van der Waals surface area contributed by atoms with Crippen LogP contribution in [0.1, 0.15) is 58.9 Å². The summed E-state index contributed by atoms with van der Waals surface area (Å²) in [5.41, 5.74) is 6.52. The Morgan fingerprint density at radius 2 is 1.28 bits per heavy atom. The summed E-state index contributed by atoms with van der Waals surface area (Å²) >= 11 is 0. The number of hydrazine groups is 1. The fourth-order valence-corrected chi connectivity index (χ4v) is 4.65. The van der Waals surface area contributed by atoms with Crippen LogP contribution in [0, 0.1) is 0 Å². The van der Waals surface area contributed by atoms with E-state index in [9.17, 15) is 18.0 Å². The number of carbonyl (C=O) groups is 2. The maximum Gasteiger partial charge on any atom is 0.269 e. The molecule has 2 amide bonds. The molecule has 0 aromatic heterocycles. The molecule has 0 spiro atoms. The summed E-state index contributed by atoms with van der Waals surface area (Å²) in [6.45, 7) is 5.18. The summed E-state index contributed by atoms with van der Waals surface area (Å²) in [5, 5.41) is 0. The molecule has 1 heterocycles. The molecule has 0 saturated carbocycles. The van der Waals surface area contributed by atoms with Crippen LogP contribution in [0.3, 0.4) is 0 Å². The second-order valence-electron chi connectivity index (χ2n) is 7.32. The van der Waals surface area contributed by atoms with Gasteiger partial charge in [-0.05, 0) is 60.7 Å². The molecule has 1 fully saturated rings. The summed E-state index contributed by atoms with van der Waals surface area (Å²) in [6.07, 6.45) is 1.72. The second kappa shape index (κ2) is 8.75. The normalized spacial score (nSPS) is 14.7. The predicted molar refractivity (Wildman–Crippen MR) is 110 cm³/mol. The molecule has 2 aromatic rings. The largest absolute Gasteiger partial charge is 0.269 e. The van der Waals surface area contributed by atoms with Crippen molar-refractivity contribution in [3.63, 3.8) is 0 Å². The first-order valence-electron chi connectivity index (χ1n) is 9.60. The van der Waals surface area contributed by atoms with Gasteiger partial charge in [-0.15, -0.1) is 0 Å². The molecule has 29 heavy (non-hydrogen) atoms. The number of benzene rings is 2. The molecular formula is C21H25N3O4S. The third-order valence-corrected chi connectivity index (χ3v) is 6.86. The van der Waals surface area contributed by atoms with E-state index in [4.69, 9.17) is 0 Å². The van der Waals surface area contributed by atoms with E-state index >= 15 is 0 Å². The minimum Gasteiger partial charge on any atom is -0.267 e. The molecule has 154 valence electrons. The van der Waals surface area contributed by atoms with Gasteiger partial charge in [0.2, 0.25) is 10.0 Å². The van der Waals surface area contributed by atoms with E-state index in [0.29, 0.717) is 24.6 Å². The molecule has 1 saturated heterocycles. The van der Waals surface area contributed by atoms with Gasteiger partial charge in [0.25, 0.3) is 11.8 Å². The lowest BCUT2D eigenvalue weighted by molar-refractivity contribution is 0.0846. The lowest BCUT2D eigenvalue weighted by Crippen LogP contribution is -2.41. The minimum atomic E-state index is -3.52. The molecule has 0 radical (unpaired) electrons. The van der Waals surface area contributed by atoms with Crippen molar-refractivity contribution in [3.05, 3.63) is 65.2 Å². The van der Waals surface area contributed by atoms with Crippen molar-refractivity contribution in [1.82, 2.24) is 15.2 Å². The van der Waals surface area contributed by atoms with Crippen molar-refractivity contribution < 1.29 is 18.0 Å². The molecular weight excluding hydrogens is 390 g/mol. The number of nitrogens with one attached hydrogen (secondary N) is 2. The van der Waals surface area contributed by atoms with Gasteiger partial charge in [0.05, 0.1) is 4.90 Å². The number of sulfonamides is 1. The van der Waals surface area contributed by atoms with Crippen molar-refractivity contribution in [3.8, 4) is 0 Å². The maximum atomic E-state index is 12.5. The molecule has 1 aliphatic heterocycles. The van der Waals surface area contributed by atoms with Gasteiger partial charge in [-0.1, -0.05) is 26.0 Å². The fourth-order valence-electron chi connectivity index (χ4n) is 3.13. The highest BCUT2D eigenvalue weighted by Gasteiger charge is 2.27. The van der Waals surface area contributed by atoms with Crippen molar-refractivity contribution in [2.24, 2.45) is 0 Å². The van der Waals surface area contributed by atoms with Gasteiger partial charge in [0, 0.05) is 24.2 Å². The topological polar surface area (TPSA) is 95.6 Å². The monoisotopic (exact) mass is 415 g/mol. The smallest absolute Gasteiger partial charge is 0.267 e. The standard InChI is InChI=1S/C21H25N3O4S/c1-15(2)16-5-7-17(8-6-16)20(25)22-23-21(26)18-9-11-19(12-10-18)29(27,28)24-13-3-4-14-24/h5-12,15H,3-4,13-14H2,1-2H3,(H,22,25)(H,23,26). The maximum absolute atomic E-state index is 12.5. The van der Waals surface area contributed by atoms with Crippen LogP contribution in [0.15, 0.2) is 53.4 Å². The van der Waals surface area contributed by atoms with E-state index in [-0.39, 0.29) is 10.5 Å². The van der Waals surface area contributed by atoms with E-state index in [1.54, 1.807) is 12.1 Å². The van der Waals surface area contributed by atoms with Crippen molar-refractivity contribution in [1.29, 1.82) is 0 Å². The Morgan fingerprint density at radius 1 is 0.828 bits per heavy atom. The lowest BCUT2D eigenvalue weighted by atomic mass is 10.0. The second-order valence-corrected chi connectivity index (χ2v) is 9.26. The van der Waals surface area contributed by atoms with Gasteiger partial charge in [0.15, 0.2) is 0 Å². The van der Waals surface area contributed by atoms with Crippen molar-refractivity contribution in [2.75, 3.05) is 13.1 Å². The van der Waals surface area contributed by atoms with Crippen LogP contribution >= 0.6 is 0 Å². The van der Waals surface area contributed by atoms with Crippen LogP contribution in [-0.2, 0) is 10.0 Å². The van der Waals surface area contributed by atoms with Crippen LogP contribution in [0.5, 0.6) is 0 Å². The zero-order chi connectivity index (χ0) is 21.0. The van der Waals surface area contributed by atoms with Gasteiger partial charge in [-0.3, -0.25) is 20.4 Å². The Kier molecular flexibility index (Phi) is 6.34. The first-order valence-corrected chi connectivity index (χ1v) is 11.0. The van der Waals surface area contributed by atoms with Gasteiger partial charge >= 0.3 is 0 Å². The predicted octanol–water partition coefficient (Wildman–Crippen LogP) is 2.67. The van der Waals surface area contributed by atoms with Gasteiger partial charge in [0.1, 0.15) is 0 Å². The van der Waals surface area contributed by atoms with E-state index < -0.39 is 21.8 Å². The molecule has 7 nitrogen and oxygen atoms in total. The highest BCUT2D eigenvalue weighted by molar-refractivity contribution is 7.89. The van der Waals surface area contributed by atoms with Crippen molar-refractivity contribution >= 4 is 21.8 Å². The third kappa shape index (κ3) is 4.83. The number of hydrogen-bond donors (Lipinski definition) is 2. The third-order valence-electron chi connectivity index (χ3n) is 4.95. The van der Waals surface area contributed by atoms with Gasteiger partial charge < -0.3 is 0 Å². The SMILES string of the molecule is CC(C)c1ccc(C(=O)NNC(=O)c2ccc(S(=O)(=O)N3CCCC3)cc2)cc1. The number of nitrogens with zero attached hydrogens (tertiary/aromatic N) is 1. The van der Waals surface area contributed by atoms with Gasteiger partial charge in [-0.25, -0.2) is 8.42 Å². The molecule has 8 heteroatoms. The minimum absolute atomic E-state index is 0.158. The van der Waals surface area contributed by atoms with E-state index in [1.807, 2.05) is 12.1 Å². The zero-order valence-corrected chi connectivity index (χ0v) is 17.3. The molecule has 1 aliphatic rings. The first-order chi connectivity index (χ1) is 13.8. The molecule has 0 aliphatic carbocycles. The van der Waals surface area contributed by atoms with E-state index in [0.717, 1.165) is 18.4 Å². The van der Waals surface area contributed by atoms with Crippen molar-refractivity contribution in [2.45, 2.75) is 37.5 Å². The molecule has 0 atom stereocenters. The molecule has 2 N–H and O–H groups in total. The molecule has 3 rings (SSSR count). The van der Waals surface area contributed by atoms with E-state index in [2.05, 4.69) is 24.7 Å². The van der Waals surface area contributed by atoms with E-state index in [1.165, 1.54) is 28.6 Å². The molecule has 0 unspecified atom stereocenters. The molecule has 2 aromatic carbocycles. The highest BCUT2D eigenvalue weighted by Crippen LogP contribution is 2.21. The summed E-state index contributed by atoms with van der Waals surface area (Å²) in [5.74, 6) is -0.590. The molecule has 0 bridgehead atoms. The van der Waals surface area contributed by atoms with Crippen LogP contribution < -0.4 is 10.9 Å². The number of carbonyl (C=O) groups excluding carboxylic acids is 2. The summed E-state index contributed by atoms with van der Waals surface area (Å²) in [7, 11) is -3.52. The summed E-state index contributed by atoms with van der Waals surface area (Å²) < 4.78 is 26.5. The Morgan fingerprint density at radius 3 is 1.72 bits per heavy atom. The Hall–Kier alpha value is -2.71. The zero-order valence-electron chi connectivity index (χ0n) is 16.5. The summed E-state index contributed by atoms with van der Waals surface area (Å²) in [4.78, 5) is 24.6. The van der Waals surface area contributed by atoms with Gasteiger partial charge in [-0.2, -0.15) is 4.31 Å². The first kappa shape index (κ1) is 21.0. The van der Waals surface area contributed by atoms with Crippen LogP contribution in [0.25, 0.3) is 0 Å². The average Bonchev–Trinajstić information content (AvgIpc) is 3.27. The Bertz CT molecular complexity index is 978. The number of rotatable bonds is 5. The average molecular weight is 416 g/mol. The number of hydrogen-bond acceptors (Lipinski definition) is 4. The van der Waals surface area contributed by atoms with Crippen LogP contribution in [0.4, 0.5) is 0 Å². The van der Waals surface area contributed by atoms with Crippen LogP contribution in [-0.4, -0.2) is 37.6 Å². The lowest BCUT2D eigenvalue weighted by Gasteiger charge is -2.15. The summed E-state index contributed by atoms with van der Waals surface area (Å²) in [6, 6.07) is 12.8. The fraction of sp³-hybridized carbons (Fsp3) is 0.333. The highest BCUT2D eigenvalue weighted by atomic mass is 32.2. The Labute approximate surface area is 171 Å². The van der Waals surface area contributed by atoms with Crippen LogP contribution in [0.2, 0.25) is 0 Å². The Balaban J connectivity index is 1.60. The number of amides is 2.